The molecule has 0 nitrogen and oxygen atoms in total. The Morgan fingerprint density at radius 3 is 0.889 bits per heavy atom. The molecule has 0 aromatic heterocycles. The molecule has 0 atom stereocenters. The van der Waals surface area contributed by atoms with Crippen LogP contribution in [-0.2, 0) is 0 Å². The molecule has 1 aliphatic rings. The second-order valence-electron chi connectivity index (χ2n) is 3.84. The molecule has 0 amide bonds. The zero-order valence-electron chi connectivity index (χ0n) is 8.16. The Kier molecular flexibility index (Phi) is 2.58. The maximum Gasteiger partial charge on any atom is 0.382 e. The molecule has 18 heavy (non-hydrogen) atoms. The first kappa shape index (κ1) is 15.3. The summed E-state index contributed by atoms with van der Waals surface area (Å²) in [6.07, 6.45) is 0. The highest BCUT2D eigenvalue weighted by Crippen LogP contribution is 2.72. The molecule has 0 heterocycles. The van der Waals surface area contributed by atoms with Gasteiger partial charge in [-0.15, -0.1) is 0 Å². The summed E-state index contributed by atoms with van der Waals surface area (Å²) in [6.45, 7) is -0.910. The van der Waals surface area contributed by atoms with Gasteiger partial charge in [0.05, 0.1) is 0 Å². The lowest BCUT2D eigenvalue weighted by atomic mass is 9.90. The molecule has 0 radical (unpaired) electrons. The fraction of sp³-hybridized carbons (Fsp3) is 1.00. The van der Waals surface area contributed by atoms with Gasteiger partial charge in [-0.3, -0.25) is 0 Å². The Morgan fingerprint density at radius 1 is 0.556 bits per heavy atom. The van der Waals surface area contributed by atoms with E-state index in [1.54, 1.807) is 0 Å². The molecule has 0 unspecified atom stereocenters. The minimum Gasteiger partial charge on any atom is -0.223 e. The second-order valence-corrected chi connectivity index (χ2v) is 3.84. The molecular formula is C7H3F11. The molecular weight excluding hydrogens is 293 g/mol. The Balaban J connectivity index is 3.75. The molecule has 1 saturated carbocycles. The van der Waals surface area contributed by atoms with E-state index in [1.165, 1.54) is 0 Å². The molecule has 0 aliphatic heterocycles. The van der Waals surface area contributed by atoms with Crippen LogP contribution >= 0.6 is 0 Å². The molecule has 0 aromatic carbocycles. The monoisotopic (exact) mass is 296 g/mol. The fourth-order valence-corrected chi connectivity index (χ4v) is 1.58. The summed E-state index contributed by atoms with van der Waals surface area (Å²) < 4.78 is 139. The van der Waals surface area contributed by atoms with Gasteiger partial charge in [0.25, 0.3) is 5.92 Å². The van der Waals surface area contributed by atoms with Gasteiger partial charge in [-0.1, -0.05) is 0 Å². The van der Waals surface area contributed by atoms with Crippen LogP contribution in [0.15, 0.2) is 0 Å². The topological polar surface area (TPSA) is 0 Å². The van der Waals surface area contributed by atoms with Crippen LogP contribution < -0.4 is 0 Å². The van der Waals surface area contributed by atoms with Crippen molar-refractivity contribution in [2.24, 2.45) is 0 Å². The first-order valence-corrected chi connectivity index (χ1v) is 4.08. The largest absolute Gasteiger partial charge is 0.382 e. The van der Waals surface area contributed by atoms with Gasteiger partial charge in [0.15, 0.2) is 0 Å². The van der Waals surface area contributed by atoms with Crippen LogP contribution in [0.1, 0.15) is 6.92 Å². The quantitative estimate of drug-likeness (QED) is 0.644. The van der Waals surface area contributed by atoms with Gasteiger partial charge < -0.3 is 0 Å². The van der Waals surface area contributed by atoms with E-state index in [9.17, 15) is 48.3 Å². The van der Waals surface area contributed by atoms with Crippen molar-refractivity contribution >= 4 is 0 Å². The lowest BCUT2D eigenvalue weighted by molar-refractivity contribution is -0.317. The molecule has 0 N–H and O–H groups in total. The van der Waals surface area contributed by atoms with Crippen molar-refractivity contribution in [3.8, 4) is 0 Å². The Hall–Kier alpha value is -0.770. The molecule has 1 rings (SSSR count). The third-order valence-corrected chi connectivity index (χ3v) is 2.65. The minimum absolute atomic E-state index is 0.910. The number of alkyl halides is 11. The summed E-state index contributed by atoms with van der Waals surface area (Å²) in [5.41, 5.74) is -6.71. The van der Waals surface area contributed by atoms with Crippen LogP contribution in [-0.4, -0.2) is 35.3 Å². The zero-order valence-corrected chi connectivity index (χ0v) is 8.16. The van der Waals surface area contributed by atoms with E-state index < -0.39 is 42.2 Å². The van der Waals surface area contributed by atoms with Crippen LogP contribution in [0.2, 0.25) is 0 Å². The molecule has 0 bridgehead atoms. The highest BCUT2D eigenvalue weighted by atomic mass is 19.4. The molecule has 1 fully saturated rings. The van der Waals surface area contributed by atoms with E-state index >= 15 is 0 Å². The predicted molar refractivity (Wildman–Crippen MR) is 34.2 cm³/mol. The summed E-state index contributed by atoms with van der Waals surface area (Å²) in [5.74, 6) is -33.7. The van der Waals surface area contributed by atoms with Crippen LogP contribution in [0.5, 0.6) is 0 Å². The third-order valence-electron chi connectivity index (χ3n) is 2.65. The molecule has 0 spiro atoms. The van der Waals surface area contributed by atoms with Gasteiger partial charge >= 0.3 is 29.4 Å². The van der Waals surface area contributed by atoms with Crippen molar-refractivity contribution in [3.05, 3.63) is 0 Å². The SMILES string of the molecule is CC(F)(F)C1(F)C(F)(F)C(F)(F)C(F)(F)C1(F)F. The Morgan fingerprint density at radius 2 is 0.778 bits per heavy atom. The van der Waals surface area contributed by atoms with E-state index in [-0.39, 0.29) is 0 Å². The van der Waals surface area contributed by atoms with E-state index in [1.807, 2.05) is 0 Å². The highest BCUT2D eigenvalue weighted by molar-refractivity contribution is 5.30. The first-order valence-electron chi connectivity index (χ1n) is 4.08. The average molecular weight is 296 g/mol. The van der Waals surface area contributed by atoms with E-state index in [0.717, 1.165) is 0 Å². The number of hydrogen-bond acceptors (Lipinski definition) is 0. The normalized spacial score (nSPS) is 31.3. The second kappa shape index (κ2) is 3.03. The lowest BCUT2D eigenvalue weighted by Gasteiger charge is -2.35. The smallest absolute Gasteiger partial charge is 0.223 e. The van der Waals surface area contributed by atoms with Gasteiger partial charge in [0, 0.05) is 6.92 Å². The van der Waals surface area contributed by atoms with Gasteiger partial charge in [-0.2, -0.15) is 35.1 Å². The lowest BCUT2D eigenvalue weighted by Crippen LogP contribution is -2.64. The van der Waals surface area contributed by atoms with Crippen LogP contribution in [0.4, 0.5) is 48.3 Å². The summed E-state index contributed by atoms with van der Waals surface area (Å²) in [6, 6.07) is 0. The third kappa shape index (κ3) is 1.09. The standard InChI is InChI=1S/C7H3F11/c1-2(8,9)3(10)4(11,12)6(15,16)7(17,18)5(3,13)14/h1H3. The van der Waals surface area contributed by atoms with Crippen molar-refractivity contribution in [1.29, 1.82) is 0 Å². The predicted octanol–water partition coefficient (Wildman–Crippen LogP) is 3.90. The van der Waals surface area contributed by atoms with Crippen molar-refractivity contribution < 1.29 is 48.3 Å². The van der Waals surface area contributed by atoms with E-state index in [4.69, 9.17) is 0 Å². The number of hydrogen-bond donors (Lipinski definition) is 0. The average Bonchev–Trinajstić information content (AvgIpc) is 2.16. The van der Waals surface area contributed by atoms with Crippen LogP contribution in [0.3, 0.4) is 0 Å². The van der Waals surface area contributed by atoms with Gasteiger partial charge in [-0.05, 0) is 0 Å². The maximum absolute atomic E-state index is 13.2. The minimum atomic E-state index is -6.96. The zero-order chi connectivity index (χ0) is 15.0. The van der Waals surface area contributed by atoms with Crippen molar-refractivity contribution in [1.82, 2.24) is 0 Å². The van der Waals surface area contributed by atoms with Crippen LogP contribution in [0, 0.1) is 0 Å². The van der Waals surface area contributed by atoms with Crippen molar-refractivity contribution in [2.75, 3.05) is 0 Å². The molecule has 0 saturated heterocycles. The molecule has 0 aromatic rings. The summed E-state index contributed by atoms with van der Waals surface area (Å²) in [7, 11) is 0. The maximum atomic E-state index is 13.2. The first-order chi connectivity index (χ1) is 7.50. The molecule has 1 aliphatic carbocycles. The Labute approximate surface area is 91.7 Å². The Bertz CT molecular complexity index is 336. The fourth-order valence-electron chi connectivity index (χ4n) is 1.58. The summed E-state index contributed by atoms with van der Waals surface area (Å²) in [4.78, 5) is 0. The van der Waals surface area contributed by atoms with Gasteiger partial charge in [-0.25, -0.2) is 13.2 Å². The molecule has 108 valence electrons. The van der Waals surface area contributed by atoms with Gasteiger partial charge in [0.2, 0.25) is 0 Å². The van der Waals surface area contributed by atoms with E-state index in [2.05, 4.69) is 0 Å². The summed E-state index contributed by atoms with van der Waals surface area (Å²) >= 11 is 0. The van der Waals surface area contributed by atoms with Crippen LogP contribution in [0.25, 0.3) is 0 Å². The number of rotatable bonds is 1. The number of halogens is 11. The van der Waals surface area contributed by atoms with Crippen molar-refractivity contribution in [3.63, 3.8) is 0 Å². The highest BCUT2D eigenvalue weighted by Gasteiger charge is 3.04. The van der Waals surface area contributed by atoms with Crippen molar-refractivity contribution in [2.45, 2.75) is 42.2 Å². The summed E-state index contributed by atoms with van der Waals surface area (Å²) in [5, 5.41) is 0. The van der Waals surface area contributed by atoms with E-state index in [0.29, 0.717) is 0 Å². The van der Waals surface area contributed by atoms with Gasteiger partial charge in [0.1, 0.15) is 0 Å². The molecule has 11 heteroatoms.